The third kappa shape index (κ3) is 4.75. The van der Waals surface area contributed by atoms with E-state index in [2.05, 4.69) is 16.3 Å². The minimum atomic E-state index is -0.563. The van der Waals surface area contributed by atoms with Crippen molar-refractivity contribution in [2.24, 2.45) is 17.8 Å². The van der Waals surface area contributed by atoms with Gasteiger partial charge in [0.15, 0.2) is 0 Å². The maximum absolute atomic E-state index is 12.3. The first-order valence-electron chi connectivity index (χ1n) is 10.2. The van der Waals surface area contributed by atoms with Crippen molar-refractivity contribution in [3.05, 3.63) is 29.8 Å². The van der Waals surface area contributed by atoms with Crippen LogP contribution in [0.25, 0.3) is 0 Å². The third-order valence-corrected chi connectivity index (χ3v) is 5.98. The number of fused-ring (bicyclic) bond motifs is 1. The van der Waals surface area contributed by atoms with Crippen LogP contribution in [0.2, 0.25) is 0 Å². The topological polar surface area (TPSA) is 88.8 Å². The molecule has 2 N–H and O–H groups in total. The van der Waals surface area contributed by atoms with E-state index in [0.717, 1.165) is 32.7 Å². The van der Waals surface area contributed by atoms with Crippen molar-refractivity contribution in [1.82, 2.24) is 15.1 Å². The molecule has 2 aliphatic heterocycles. The molecule has 0 spiro atoms. The largest absolute Gasteiger partial charge is 0.491 e. The van der Waals surface area contributed by atoms with Crippen molar-refractivity contribution in [1.29, 1.82) is 5.26 Å². The number of rotatable bonds is 7. The van der Waals surface area contributed by atoms with Crippen LogP contribution >= 0.6 is 0 Å². The maximum atomic E-state index is 12.3. The summed E-state index contributed by atoms with van der Waals surface area (Å²) in [6.45, 7) is 5.10. The summed E-state index contributed by atoms with van der Waals surface area (Å²) in [5.74, 6) is 2.36. The average Bonchev–Trinajstić information content (AvgIpc) is 3.34. The lowest BCUT2D eigenvalue weighted by Crippen LogP contribution is -2.42. The molecule has 2 unspecified atom stereocenters. The third-order valence-electron chi connectivity index (χ3n) is 5.98. The molecule has 1 aromatic carbocycles. The molecule has 0 radical (unpaired) electrons. The molecule has 2 amide bonds. The summed E-state index contributed by atoms with van der Waals surface area (Å²) >= 11 is 0. The van der Waals surface area contributed by atoms with Crippen molar-refractivity contribution in [3.8, 4) is 11.8 Å². The highest BCUT2D eigenvalue weighted by molar-refractivity contribution is 5.74. The number of benzene rings is 1. The molecule has 150 valence electrons. The van der Waals surface area contributed by atoms with Crippen molar-refractivity contribution in [2.75, 3.05) is 45.9 Å². The van der Waals surface area contributed by atoms with Crippen LogP contribution in [0.1, 0.15) is 18.4 Å². The Bertz CT molecular complexity index is 714. The zero-order chi connectivity index (χ0) is 19.5. The van der Waals surface area contributed by atoms with Crippen molar-refractivity contribution >= 4 is 6.03 Å². The van der Waals surface area contributed by atoms with Crippen LogP contribution in [0, 0.1) is 29.1 Å². The van der Waals surface area contributed by atoms with Gasteiger partial charge in [0.2, 0.25) is 0 Å². The molecule has 0 aromatic heterocycles. The number of likely N-dealkylation sites (tertiary alicyclic amines) is 2. The zero-order valence-corrected chi connectivity index (χ0v) is 16.1. The first-order valence-corrected chi connectivity index (χ1v) is 10.2. The molecule has 0 bridgehead atoms. The molecular weight excluding hydrogens is 356 g/mol. The molecule has 3 atom stereocenters. The lowest BCUT2D eigenvalue weighted by Gasteiger charge is -2.23. The average molecular weight is 384 g/mol. The smallest absolute Gasteiger partial charge is 0.317 e. The van der Waals surface area contributed by atoms with E-state index >= 15 is 0 Å². The number of β-amino-alcohol motifs (C(OH)–C–C–N with tert-alkyl or cyclic N) is 1. The van der Waals surface area contributed by atoms with Crippen LogP contribution in [0.3, 0.4) is 0 Å². The van der Waals surface area contributed by atoms with Crippen molar-refractivity contribution in [3.63, 3.8) is 0 Å². The lowest BCUT2D eigenvalue weighted by atomic mass is 10.0. The number of nitrogens with one attached hydrogen (secondary N) is 1. The summed E-state index contributed by atoms with van der Waals surface area (Å²) in [5.41, 5.74) is 0.590. The number of ether oxygens (including phenoxy) is 1. The van der Waals surface area contributed by atoms with Gasteiger partial charge in [-0.15, -0.1) is 0 Å². The molecular formula is C21H28N4O3. The van der Waals surface area contributed by atoms with Gasteiger partial charge in [0.25, 0.3) is 0 Å². The molecule has 7 heteroatoms. The van der Waals surface area contributed by atoms with E-state index in [0.29, 0.717) is 35.6 Å². The molecule has 4 rings (SSSR count). The summed E-state index contributed by atoms with van der Waals surface area (Å²) < 4.78 is 5.62. The Labute approximate surface area is 165 Å². The van der Waals surface area contributed by atoms with Gasteiger partial charge in [-0.05, 0) is 54.9 Å². The number of urea groups is 1. The van der Waals surface area contributed by atoms with Gasteiger partial charge in [-0.3, -0.25) is 4.90 Å². The number of amides is 2. The monoisotopic (exact) mass is 384 g/mol. The second kappa shape index (κ2) is 8.38. The van der Waals surface area contributed by atoms with E-state index < -0.39 is 6.10 Å². The number of carbonyl (C=O) groups is 1. The molecule has 2 heterocycles. The van der Waals surface area contributed by atoms with E-state index in [1.165, 1.54) is 12.8 Å². The predicted octanol–water partition coefficient (Wildman–Crippen LogP) is 1.28. The van der Waals surface area contributed by atoms with Gasteiger partial charge in [-0.2, -0.15) is 5.26 Å². The molecule has 1 aliphatic carbocycles. The molecule has 28 heavy (non-hydrogen) atoms. The second-order valence-corrected chi connectivity index (χ2v) is 8.37. The molecule has 2 saturated heterocycles. The van der Waals surface area contributed by atoms with Crippen LogP contribution in [0.5, 0.6) is 5.75 Å². The van der Waals surface area contributed by atoms with Gasteiger partial charge < -0.3 is 20.1 Å². The quantitative estimate of drug-likeness (QED) is 0.739. The summed E-state index contributed by atoms with van der Waals surface area (Å²) in [6, 6.07) is 9.06. The number of carbonyl (C=O) groups excluding carboxylic acids is 1. The van der Waals surface area contributed by atoms with Gasteiger partial charge in [0.05, 0.1) is 11.6 Å². The fraction of sp³-hybridized carbons (Fsp3) is 0.619. The summed E-state index contributed by atoms with van der Waals surface area (Å²) in [4.78, 5) is 16.5. The van der Waals surface area contributed by atoms with Crippen molar-refractivity contribution < 1.29 is 14.6 Å². The fourth-order valence-electron chi connectivity index (χ4n) is 4.24. The molecule has 3 fully saturated rings. The number of hydrogen-bond acceptors (Lipinski definition) is 5. The SMILES string of the molecule is N#Cc1ccc(OC[C@@H](O)CN2CC3CN(C(=O)NCC4CC4)CC3C2)cc1. The van der Waals surface area contributed by atoms with Gasteiger partial charge in [0, 0.05) is 39.3 Å². The Morgan fingerprint density at radius 1 is 1.21 bits per heavy atom. The summed E-state index contributed by atoms with van der Waals surface area (Å²) in [5, 5.41) is 22.2. The Kier molecular flexibility index (Phi) is 5.69. The first kappa shape index (κ1) is 19.0. The Balaban J connectivity index is 1.16. The van der Waals surface area contributed by atoms with Gasteiger partial charge in [-0.1, -0.05) is 0 Å². The van der Waals surface area contributed by atoms with E-state index in [1.54, 1.807) is 24.3 Å². The minimum Gasteiger partial charge on any atom is -0.491 e. The normalized spacial score (nSPS) is 25.2. The fourth-order valence-corrected chi connectivity index (χ4v) is 4.24. The van der Waals surface area contributed by atoms with Crippen LogP contribution in [-0.4, -0.2) is 72.9 Å². The van der Waals surface area contributed by atoms with E-state index in [-0.39, 0.29) is 12.6 Å². The van der Waals surface area contributed by atoms with Gasteiger partial charge in [-0.25, -0.2) is 4.79 Å². The zero-order valence-electron chi connectivity index (χ0n) is 16.1. The molecule has 1 aromatic rings. The maximum Gasteiger partial charge on any atom is 0.317 e. The van der Waals surface area contributed by atoms with Gasteiger partial charge in [0.1, 0.15) is 18.5 Å². The Hall–Kier alpha value is -2.30. The van der Waals surface area contributed by atoms with Gasteiger partial charge >= 0.3 is 6.03 Å². The van der Waals surface area contributed by atoms with Crippen LogP contribution in [0.15, 0.2) is 24.3 Å². The van der Waals surface area contributed by atoms with Crippen LogP contribution in [-0.2, 0) is 0 Å². The van der Waals surface area contributed by atoms with Crippen LogP contribution in [0.4, 0.5) is 4.79 Å². The Morgan fingerprint density at radius 3 is 2.50 bits per heavy atom. The number of aliphatic hydroxyl groups excluding tert-OH is 1. The molecule has 7 nitrogen and oxygen atoms in total. The summed E-state index contributed by atoms with van der Waals surface area (Å²) in [6.07, 6.45) is 1.93. The van der Waals surface area contributed by atoms with E-state index in [1.807, 2.05) is 4.90 Å². The molecule has 1 saturated carbocycles. The predicted molar refractivity (Wildman–Crippen MR) is 104 cm³/mol. The number of nitrogens with zero attached hydrogens (tertiary/aromatic N) is 3. The Morgan fingerprint density at radius 2 is 1.89 bits per heavy atom. The standard InChI is InChI=1S/C21H28N4O3/c22-7-15-3-5-20(6-4-15)28-14-19(26)13-24-9-17-11-25(12-18(17)10-24)21(27)23-8-16-1-2-16/h3-6,16-19,26H,1-2,8-14H2,(H,23,27)/t17?,18?,19-/m0/s1. The van der Waals surface area contributed by atoms with E-state index in [4.69, 9.17) is 10.00 Å². The summed E-state index contributed by atoms with van der Waals surface area (Å²) in [7, 11) is 0. The highest BCUT2D eigenvalue weighted by atomic mass is 16.5. The highest BCUT2D eigenvalue weighted by Crippen LogP contribution is 2.31. The minimum absolute atomic E-state index is 0.0868. The number of hydrogen-bond donors (Lipinski definition) is 2. The lowest BCUT2D eigenvalue weighted by molar-refractivity contribution is 0.0724. The van der Waals surface area contributed by atoms with Crippen LogP contribution < -0.4 is 10.1 Å². The first-order chi connectivity index (χ1) is 13.6. The highest BCUT2D eigenvalue weighted by Gasteiger charge is 2.42. The molecule has 3 aliphatic rings. The number of nitriles is 1. The van der Waals surface area contributed by atoms with Crippen molar-refractivity contribution in [2.45, 2.75) is 18.9 Å². The van der Waals surface area contributed by atoms with E-state index in [9.17, 15) is 9.90 Å². The second-order valence-electron chi connectivity index (χ2n) is 8.37. The number of aliphatic hydroxyl groups is 1.